The van der Waals surface area contributed by atoms with E-state index in [4.69, 9.17) is 9.05 Å². The third-order valence-corrected chi connectivity index (χ3v) is 4.42. The van der Waals surface area contributed by atoms with Gasteiger partial charge in [-0.05, 0) is 11.5 Å². The van der Waals surface area contributed by atoms with Crippen molar-refractivity contribution in [3.05, 3.63) is 42.2 Å². The minimum atomic E-state index is -3.04. The Balaban J connectivity index is 2.34. The van der Waals surface area contributed by atoms with E-state index in [-0.39, 0.29) is 6.16 Å². The number of hydrogen-bond donors (Lipinski definition) is 0. The van der Waals surface area contributed by atoms with Gasteiger partial charge in [0.05, 0.1) is 11.9 Å². The van der Waals surface area contributed by atoms with Crippen molar-refractivity contribution in [2.75, 3.05) is 14.2 Å². The topological polar surface area (TPSA) is 48.4 Å². The highest BCUT2D eigenvalue weighted by atomic mass is 31.2. The lowest BCUT2D eigenvalue weighted by molar-refractivity contribution is 0.274. The Morgan fingerprint density at radius 3 is 2.47 bits per heavy atom. The third kappa shape index (κ3) is 2.72. The van der Waals surface area contributed by atoms with Crippen LogP contribution in [0.4, 0.5) is 0 Å². The SMILES string of the molecule is COP(=O)(Cc1cc2ccccc2cn1)OC. The molecule has 0 aliphatic carbocycles. The van der Waals surface area contributed by atoms with Crippen molar-refractivity contribution in [2.45, 2.75) is 6.16 Å². The van der Waals surface area contributed by atoms with Crippen LogP contribution in [0.1, 0.15) is 5.69 Å². The van der Waals surface area contributed by atoms with Gasteiger partial charge in [-0.15, -0.1) is 0 Å². The number of pyridine rings is 1. The fourth-order valence-corrected chi connectivity index (χ4v) is 2.59. The van der Waals surface area contributed by atoms with Crippen LogP contribution in [0.5, 0.6) is 0 Å². The van der Waals surface area contributed by atoms with E-state index >= 15 is 0 Å². The molecule has 0 bridgehead atoms. The molecule has 1 aromatic carbocycles. The van der Waals surface area contributed by atoms with Crippen molar-refractivity contribution >= 4 is 18.4 Å². The normalized spacial score (nSPS) is 11.9. The Hall–Kier alpha value is -1.22. The van der Waals surface area contributed by atoms with Crippen molar-refractivity contribution in [1.29, 1.82) is 0 Å². The van der Waals surface area contributed by atoms with Crippen molar-refractivity contribution in [3.63, 3.8) is 0 Å². The van der Waals surface area contributed by atoms with Gasteiger partial charge in [0.2, 0.25) is 0 Å². The summed E-state index contributed by atoms with van der Waals surface area (Å²) in [5.74, 6) is 0. The predicted octanol–water partition coefficient (Wildman–Crippen LogP) is 3.22. The Bertz CT molecular complexity index is 562. The first-order chi connectivity index (χ1) is 8.17. The molecule has 0 aliphatic rings. The Morgan fingerprint density at radius 2 is 1.82 bits per heavy atom. The van der Waals surface area contributed by atoms with Crippen LogP contribution in [0.25, 0.3) is 10.8 Å². The summed E-state index contributed by atoms with van der Waals surface area (Å²) in [5, 5.41) is 2.12. The highest BCUT2D eigenvalue weighted by Gasteiger charge is 2.22. The molecule has 0 fully saturated rings. The maximum absolute atomic E-state index is 12.0. The van der Waals surface area contributed by atoms with Crippen LogP contribution >= 0.6 is 7.60 Å². The van der Waals surface area contributed by atoms with Crippen LogP contribution in [0.2, 0.25) is 0 Å². The van der Waals surface area contributed by atoms with E-state index in [1.165, 1.54) is 14.2 Å². The number of fused-ring (bicyclic) bond motifs is 1. The molecule has 4 nitrogen and oxygen atoms in total. The zero-order valence-electron chi connectivity index (χ0n) is 9.79. The Kier molecular flexibility index (Phi) is 3.57. The molecule has 0 unspecified atom stereocenters. The zero-order valence-corrected chi connectivity index (χ0v) is 10.7. The molecule has 0 amide bonds. The molecule has 2 aromatic rings. The third-order valence-electron chi connectivity index (χ3n) is 2.60. The van der Waals surface area contributed by atoms with Gasteiger partial charge in [-0.25, -0.2) is 0 Å². The number of rotatable bonds is 4. The van der Waals surface area contributed by atoms with Crippen molar-refractivity contribution in [3.8, 4) is 0 Å². The van der Waals surface area contributed by atoms with E-state index < -0.39 is 7.60 Å². The van der Waals surface area contributed by atoms with Crippen LogP contribution < -0.4 is 0 Å². The fraction of sp³-hybridized carbons (Fsp3) is 0.250. The molecule has 90 valence electrons. The van der Waals surface area contributed by atoms with E-state index in [2.05, 4.69) is 4.98 Å². The van der Waals surface area contributed by atoms with E-state index in [9.17, 15) is 4.57 Å². The second kappa shape index (κ2) is 4.96. The number of benzene rings is 1. The molecule has 5 heteroatoms. The first-order valence-corrected chi connectivity index (χ1v) is 6.94. The molecule has 17 heavy (non-hydrogen) atoms. The van der Waals surface area contributed by atoms with Gasteiger partial charge in [-0.3, -0.25) is 9.55 Å². The molecular weight excluding hydrogens is 237 g/mol. The molecule has 0 aliphatic heterocycles. The summed E-state index contributed by atoms with van der Waals surface area (Å²) in [4.78, 5) is 4.26. The van der Waals surface area contributed by atoms with Crippen LogP contribution in [0.3, 0.4) is 0 Å². The number of hydrogen-bond acceptors (Lipinski definition) is 4. The number of aromatic nitrogens is 1. The minimum Gasteiger partial charge on any atom is -0.312 e. The average molecular weight is 251 g/mol. The minimum absolute atomic E-state index is 0.185. The predicted molar refractivity (Wildman–Crippen MR) is 67.1 cm³/mol. The molecule has 0 atom stereocenters. The first-order valence-electron chi connectivity index (χ1n) is 5.21. The molecule has 0 saturated heterocycles. The molecule has 0 N–H and O–H groups in total. The van der Waals surface area contributed by atoms with Gasteiger partial charge < -0.3 is 9.05 Å². The summed E-state index contributed by atoms with van der Waals surface area (Å²) >= 11 is 0. The van der Waals surface area contributed by atoms with Crippen LogP contribution in [-0.2, 0) is 19.8 Å². The smallest absolute Gasteiger partial charge is 0.312 e. The summed E-state index contributed by atoms with van der Waals surface area (Å²) in [7, 11) is -0.283. The van der Waals surface area contributed by atoms with Gasteiger partial charge in [0.25, 0.3) is 0 Å². The zero-order chi connectivity index (χ0) is 12.3. The quantitative estimate of drug-likeness (QED) is 0.783. The lowest BCUT2D eigenvalue weighted by Gasteiger charge is -2.13. The first kappa shape index (κ1) is 12.2. The average Bonchev–Trinajstić information content (AvgIpc) is 2.38. The maximum atomic E-state index is 12.0. The van der Waals surface area contributed by atoms with Gasteiger partial charge in [0, 0.05) is 25.8 Å². The van der Waals surface area contributed by atoms with E-state index in [0.717, 1.165) is 10.8 Å². The van der Waals surface area contributed by atoms with E-state index in [1.54, 1.807) is 6.20 Å². The lowest BCUT2D eigenvalue weighted by Crippen LogP contribution is -1.96. The van der Waals surface area contributed by atoms with Crippen molar-refractivity contribution < 1.29 is 13.6 Å². The van der Waals surface area contributed by atoms with Gasteiger partial charge in [-0.2, -0.15) is 0 Å². The summed E-state index contributed by atoms with van der Waals surface area (Å²) in [5.41, 5.74) is 0.704. The fourth-order valence-electron chi connectivity index (χ4n) is 1.62. The second-order valence-corrected chi connectivity index (χ2v) is 5.93. The highest BCUT2D eigenvalue weighted by Crippen LogP contribution is 2.49. The largest absolute Gasteiger partial charge is 0.336 e. The summed E-state index contributed by atoms with van der Waals surface area (Å²) in [6, 6.07) is 9.79. The molecule has 1 heterocycles. The molecule has 0 spiro atoms. The Morgan fingerprint density at radius 1 is 1.18 bits per heavy atom. The van der Waals surface area contributed by atoms with Crippen molar-refractivity contribution in [2.24, 2.45) is 0 Å². The van der Waals surface area contributed by atoms with Crippen LogP contribution in [-0.4, -0.2) is 19.2 Å². The van der Waals surface area contributed by atoms with Crippen LogP contribution in [0.15, 0.2) is 36.5 Å². The molecule has 0 saturated carbocycles. The monoisotopic (exact) mass is 251 g/mol. The van der Waals surface area contributed by atoms with Gasteiger partial charge in [0.1, 0.15) is 0 Å². The summed E-state index contributed by atoms with van der Waals surface area (Å²) in [6.45, 7) is 0. The van der Waals surface area contributed by atoms with E-state index in [0.29, 0.717) is 5.69 Å². The standard InChI is InChI=1S/C12H14NO3P/c1-15-17(14,16-2)9-12-7-10-5-3-4-6-11(10)8-13-12/h3-8H,9H2,1-2H3. The highest BCUT2D eigenvalue weighted by molar-refractivity contribution is 7.52. The lowest BCUT2D eigenvalue weighted by atomic mass is 10.1. The van der Waals surface area contributed by atoms with Crippen LogP contribution in [0, 0.1) is 0 Å². The maximum Gasteiger partial charge on any atom is 0.336 e. The molecular formula is C12H14NO3P. The van der Waals surface area contributed by atoms with Gasteiger partial charge >= 0.3 is 7.60 Å². The Labute approximate surface area is 100 Å². The molecule has 1 aromatic heterocycles. The van der Waals surface area contributed by atoms with E-state index in [1.807, 2.05) is 30.3 Å². The van der Waals surface area contributed by atoms with Gasteiger partial charge in [-0.1, -0.05) is 24.3 Å². The molecule has 0 radical (unpaired) electrons. The van der Waals surface area contributed by atoms with Crippen molar-refractivity contribution in [1.82, 2.24) is 4.98 Å². The second-order valence-electron chi connectivity index (χ2n) is 3.66. The van der Waals surface area contributed by atoms with Gasteiger partial charge in [0.15, 0.2) is 0 Å². The number of nitrogens with zero attached hydrogens (tertiary/aromatic N) is 1. The molecule has 2 rings (SSSR count). The summed E-state index contributed by atoms with van der Waals surface area (Å²) in [6.07, 6.45) is 1.95. The summed E-state index contributed by atoms with van der Waals surface area (Å²) < 4.78 is 21.8.